The first kappa shape index (κ1) is 13.0. The zero-order valence-electron chi connectivity index (χ0n) is 9.95. The van der Waals surface area contributed by atoms with Gasteiger partial charge >= 0.3 is 0 Å². The van der Waals surface area contributed by atoms with Crippen molar-refractivity contribution < 1.29 is 14.9 Å². The highest BCUT2D eigenvalue weighted by Crippen LogP contribution is 2.23. The van der Waals surface area contributed by atoms with Crippen LogP contribution in [-0.2, 0) is 6.54 Å². The molecular formula is C13H12N2O4. The van der Waals surface area contributed by atoms with Gasteiger partial charge in [0.2, 0.25) is 0 Å². The number of nitro benzene ring substituents is 1. The number of nitrogens with zero attached hydrogens (tertiary/aromatic N) is 1. The van der Waals surface area contributed by atoms with Crippen LogP contribution < -0.4 is 10.2 Å². The minimum atomic E-state index is -0.458. The van der Waals surface area contributed by atoms with Crippen molar-refractivity contribution in [3.05, 3.63) is 64.2 Å². The monoisotopic (exact) mass is 260 g/mol. The Morgan fingerprint density at radius 3 is 2.05 bits per heavy atom. The molecule has 0 aliphatic carbocycles. The van der Waals surface area contributed by atoms with Crippen molar-refractivity contribution in [2.24, 2.45) is 0 Å². The molecule has 0 unspecified atom stereocenters. The fourth-order valence-electron chi connectivity index (χ4n) is 1.54. The maximum absolute atomic E-state index is 10.5. The van der Waals surface area contributed by atoms with Crippen LogP contribution in [0, 0.1) is 10.1 Å². The number of benzene rings is 2. The first-order valence-corrected chi connectivity index (χ1v) is 5.57. The van der Waals surface area contributed by atoms with E-state index in [4.69, 9.17) is 9.94 Å². The van der Waals surface area contributed by atoms with E-state index < -0.39 is 4.92 Å². The summed E-state index contributed by atoms with van der Waals surface area (Å²) in [6.07, 6.45) is 0. The second kappa shape index (κ2) is 5.94. The molecule has 19 heavy (non-hydrogen) atoms. The maximum atomic E-state index is 10.5. The van der Waals surface area contributed by atoms with E-state index in [1.807, 2.05) is 12.1 Å². The molecule has 2 aromatic rings. The summed E-state index contributed by atoms with van der Waals surface area (Å²) in [5, 5.41) is 19.1. The molecular weight excluding hydrogens is 248 g/mol. The molecule has 0 saturated heterocycles. The molecule has 2 aromatic carbocycles. The minimum absolute atomic E-state index is 0.0247. The lowest BCUT2D eigenvalue weighted by Gasteiger charge is -2.06. The van der Waals surface area contributed by atoms with E-state index in [2.05, 4.69) is 5.48 Å². The molecule has 2 rings (SSSR count). The number of ether oxygens (including phenoxy) is 1. The topological polar surface area (TPSA) is 84.6 Å². The van der Waals surface area contributed by atoms with Crippen molar-refractivity contribution in [3.63, 3.8) is 0 Å². The summed E-state index contributed by atoms with van der Waals surface area (Å²) in [4.78, 5) is 10.1. The first-order chi connectivity index (χ1) is 9.19. The smallest absolute Gasteiger partial charge is 0.269 e. The SMILES string of the molecule is O=[N+]([O-])c1ccc(Oc2ccc(CNO)cc2)cc1. The van der Waals surface area contributed by atoms with Crippen LogP contribution in [0.4, 0.5) is 5.69 Å². The van der Waals surface area contributed by atoms with Gasteiger partial charge in [0, 0.05) is 18.7 Å². The first-order valence-electron chi connectivity index (χ1n) is 5.57. The highest BCUT2D eigenvalue weighted by molar-refractivity contribution is 5.39. The molecule has 0 fully saturated rings. The molecule has 98 valence electrons. The third-order valence-corrected chi connectivity index (χ3v) is 2.49. The lowest BCUT2D eigenvalue weighted by Crippen LogP contribution is -2.05. The Kier molecular flexibility index (Phi) is 4.07. The Morgan fingerprint density at radius 1 is 1.05 bits per heavy atom. The van der Waals surface area contributed by atoms with Gasteiger partial charge in [-0.2, -0.15) is 0 Å². The van der Waals surface area contributed by atoms with E-state index in [9.17, 15) is 10.1 Å². The molecule has 0 heterocycles. The number of hydroxylamine groups is 1. The summed E-state index contributed by atoms with van der Waals surface area (Å²) in [5.41, 5.74) is 3.01. The normalized spacial score (nSPS) is 10.2. The Morgan fingerprint density at radius 2 is 1.58 bits per heavy atom. The van der Waals surface area contributed by atoms with Crippen molar-refractivity contribution in [2.75, 3.05) is 0 Å². The second-order valence-electron chi connectivity index (χ2n) is 3.83. The summed E-state index contributed by atoms with van der Waals surface area (Å²) in [7, 11) is 0. The standard InChI is InChI=1S/C13H12N2O4/c16-14-9-10-1-5-12(6-2-10)19-13-7-3-11(4-8-13)15(17)18/h1-8,14,16H,9H2. The summed E-state index contributed by atoms with van der Waals surface area (Å²) in [5.74, 6) is 1.15. The molecule has 6 nitrogen and oxygen atoms in total. The number of hydrogen-bond donors (Lipinski definition) is 2. The highest BCUT2D eigenvalue weighted by Gasteiger charge is 2.05. The summed E-state index contributed by atoms with van der Waals surface area (Å²) < 4.78 is 5.54. The molecule has 0 amide bonds. The van der Waals surface area contributed by atoms with E-state index in [1.165, 1.54) is 12.1 Å². The zero-order valence-corrected chi connectivity index (χ0v) is 9.95. The van der Waals surface area contributed by atoms with E-state index in [-0.39, 0.29) is 5.69 Å². The molecule has 0 radical (unpaired) electrons. The fourth-order valence-corrected chi connectivity index (χ4v) is 1.54. The predicted octanol–water partition coefficient (Wildman–Crippen LogP) is 2.87. The van der Waals surface area contributed by atoms with Gasteiger partial charge in [-0.25, -0.2) is 5.48 Å². The van der Waals surface area contributed by atoms with E-state index in [0.717, 1.165) is 5.56 Å². The summed E-state index contributed by atoms with van der Waals surface area (Å²) in [6, 6.07) is 13.0. The average Bonchev–Trinajstić information content (AvgIpc) is 2.42. The number of rotatable bonds is 5. The number of non-ortho nitro benzene ring substituents is 1. The van der Waals surface area contributed by atoms with Crippen molar-refractivity contribution in [1.82, 2.24) is 5.48 Å². The highest BCUT2D eigenvalue weighted by atomic mass is 16.6. The molecule has 0 bridgehead atoms. The van der Waals surface area contributed by atoms with Gasteiger partial charge in [-0.05, 0) is 29.8 Å². The Balaban J connectivity index is 2.06. The van der Waals surface area contributed by atoms with Gasteiger partial charge in [-0.15, -0.1) is 0 Å². The van der Waals surface area contributed by atoms with Crippen LogP contribution in [0.2, 0.25) is 0 Å². The Hall–Kier alpha value is -2.44. The van der Waals surface area contributed by atoms with Gasteiger partial charge in [0.05, 0.1) is 4.92 Å². The summed E-state index contributed by atoms with van der Waals surface area (Å²) >= 11 is 0. The number of nitro groups is 1. The van der Waals surface area contributed by atoms with E-state index in [0.29, 0.717) is 18.0 Å². The third-order valence-electron chi connectivity index (χ3n) is 2.49. The van der Waals surface area contributed by atoms with Crippen molar-refractivity contribution in [1.29, 1.82) is 0 Å². The lowest BCUT2D eigenvalue weighted by atomic mass is 10.2. The molecule has 0 aliphatic heterocycles. The van der Waals surface area contributed by atoms with Crippen LogP contribution in [0.25, 0.3) is 0 Å². The van der Waals surface area contributed by atoms with Crippen LogP contribution in [0.3, 0.4) is 0 Å². The van der Waals surface area contributed by atoms with Crippen LogP contribution >= 0.6 is 0 Å². The molecule has 0 aromatic heterocycles. The van der Waals surface area contributed by atoms with E-state index in [1.54, 1.807) is 24.3 Å². The Bertz CT molecular complexity index is 552. The van der Waals surface area contributed by atoms with Crippen LogP contribution in [0.5, 0.6) is 11.5 Å². The van der Waals surface area contributed by atoms with Crippen molar-refractivity contribution >= 4 is 5.69 Å². The molecule has 0 atom stereocenters. The van der Waals surface area contributed by atoms with Gasteiger partial charge < -0.3 is 9.94 Å². The van der Waals surface area contributed by atoms with Crippen LogP contribution in [-0.4, -0.2) is 10.1 Å². The largest absolute Gasteiger partial charge is 0.457 e. The van der Waals surface area contributed by atoms with Crippen LogP contribution in [0.1, 0.15) is 5.56 Å². The molecule has 6 heteroatoms. The average molecular weight is 260 g/mol. The fraction of sp³-hybridized carbons (Fsp3) is 0.0769. The number of nitrogens with one attached hydrogen (secondary N) is 1. The van der Waals surface area contributed by atoms with Gasteiger partial charge in [-0.1, -0.05) is 12.1 Å². The predicted molar refractivity (Wildman–Crippen MR) is 68.2 cm³/mol. The minimum Gasteiger partial charge on any atom is -0.457 e. The van der Waals surface area contributed by atoms with Crippen molar-refractivity contribution in [3.8, 4) is 11.5 Å². The second-order valence-corrected chi connectivity index (χ2v) is 3.83. The van der Waals surface area contributed by atoms with E-state index >= 15 is 0 Å². The van der Waals surface area contributed by atoms with Gasteiger partial charge in [0.1, 0.15) is 11.5 Å². The molecule has 0 saturated carbocycles. The van der Waals surface area contributed by atoms with Gasteiger partial charge in [-0.3, -0.25) is 10.1 Å². The molecule has 0 spiro atoms. The molecule has 2 N–H and O–H groups in total. The zero-order chi connectivity index (χ0) is 13.7. The Labute approximate surface area is 109 Å². The number of hydrogen-bond acceptors (Lipinski definition) is 5. The van der Waals surface area contributed by atoms with Crippen molar-refractivity contribution in [2.45, 2.75) is 6.54 Å². The maximum Gasteiger partial charge on any atom is 0.269 e. The van der Waals surface area contributed by atoms with Gasteiger partial charge in [0.25, 0.3) is 5.69 Å². The van der Waals surface area contributed by atoms with Gasteiger partial charge in [0.15, 0.2) is 0 Å². The quantitative estimate of drug-likeness (QED) is 0.637. The third kappa shape index (κ3) is 3.51. The molecule has 0 aliphatic rings. The summed E-state index contributed by atoms with van der Waals surface area (Å²) in [6.45, 7) is 0.359. The lowest BCUT2D eigenvalue weighted by molar-refractivity contribution is -0.384. The van der Waals surface area contributed by atoms with Crippen LogP contribution in [0.15, 0.2) is 48.5 Å².